The van der Waals surface area contributed by atoms with Crippen LogP contribution in [0, 0.1) is 5.82 Å². The first-order valence-corrected chi connectivity index (χ1v) is 8.29. The first-order chi connectivity index (χ1) is 11.9. The summed E-state index contributed by atoms with van der Waals surface area (Å²) in [5, 5.41) is 3.01. The summed E-state index contributed by atoms with van der Waals surface area (Å²) in [6.45, 7) is 1.29. The number of halogens is 1. The summed E-state index contributed by atoms with van der Waals surface area (Å²) in [4.78, 5) is 16.6. The number of hydrogen-bond donors (Lipinski definition) is 1. The molecule has 5 heteroatoms. The van der Waals surface area contributed by atoms with Crippen molar-refractivity contribution in [1.82, 2.24) is 15.1 Å². The average Bonchev–Trinajstić information content (AvgIpc) is 2.55. The van der Waals surface area contributed by atoms with Crippen molar-refractivity contribution in [3.8, 4) is 0 Å². The normalized spacial score (nSPS) is 12.4. The zero-order valence-electron chi connectivity index (χ0n) is 15.3. The van der Waals surface area contributed by atoms with Crippen molar-refractivity contribution in [2.75, 3.05) is 28.2 Å². The standard InChI is InChI=1S/C20H26FN3O/c1-23(2)14-17-8-6-5-7-16(17)13-22-20(25)19(24(3)4)15-9-11-18(21)12-10-15/h5-12,19H,13-14H2,1-4H3,(H,22,25)/t19-/m1/s1. The summed E-state index contributed by atoms with van der Waals surface area (Å²) >= 11 is 0. The van der Waals surface area contributed by atoms with Crippen molar-refractivity contribution in [2.24, 2.45) is 0 Å². The van der Waals surface area contributed by atoms with E-state index in [1.807, 2.05) is 51.3 Å². The van der Waals surface area contributed by atoms with Crippen molar-refractivity contribution in [3.63, 3.8) is 0 Å². The lowest BCUT2D eigenvalue weighted by molar-refractivity contribution is -0.125. The molecule has 0 aromatic heterocycles. The van der Waals surface area contributed by atoms with Gasteiger partial charge in [0.25, 0.3) is 0 Å². The van der Waals surface area contributed by atoms with Gasteiger partial charge in [-0.1, -0.05) is 36.4 Å². The summed E-state index contributed by atoms with van der Waals surface area (Å²) in [5.41, 5.74) is 3.06. The van der Waals surface area contributed by atoms with Crippen LogP contribution in [0.4, 0.5) is 4.39 Å². The molecule has 0 aliphatic heterocycles. The Balaban J connectivity index is 2.11. The van der Waals surface area contributed by atoms with Crippen LogP contribution in [0.25, 0.3) is 0 Å². The number of amides is 1. The van der Waals surface area contributed by atoms with Gasteiger partial charge in [0, 0.05) is 13.1 Å². The number of likely N-dealkylation sites (N-methyl/N-ethyl adjacent to an activating group) is 1. The van der Waals surface area contributed by atoms with Crippen molar-refractivity contribution in [3.05, 3.63) is 71.0 Å². The third-order valence-electron chi connectivity index (χ3n) is 4.01. The van der Waals surface area contributed by atoms with E-state index in [4.69, 9.17) is 0 Å². The third kappa shape index (κ3) is 5.37. The fourth-order valence-corrected chi connectivity index (χ4v) is 2.83. The molecule has 2 aromatic carbocycles. The molecule has 25 heavy (non-hydrogen) atoms. The topological polar surface area (TPSA) is 35.6 Å². The van der Waals surface area contributed by atoms with Crippen LogP contribution in [-0.4, -0.2) is 43.9 Å². The van der Waals surface area contributed by atoms with E-state index < -0.39 is 6.04 Å². The van der Waals surface area contributed by atoms with Gasteiger partial charge in [-0.25, -0.2) is 4.39 Å². The van der Waals surface area contributed by atoms with Gasteiger partial charge >= 0.3 is 0 Å². The maximum atomic E-state index is 13.2. The van der Waals surface area contributed by atoms with Gasteiger partial charge in [0.05, 0.1) is 0 Å². The van der Waals surface area contributed by atoms with Gasteiger partial charge in [-0.05, 0) is 57.0 Å². The summed E-state index contributed by atoms with van der Waals surface area (Å²) in [6, 6.07) is 13.7. The molecule has 0 spiro atoms. The van der Waals surface area contributed by atoms with E-state index >= 15 is 0 Å². The maximum Gasteiger partial charge on any atom is 0.242 e. The quantitative estimate of drug-likeness (QED) is 0.840. The first kappa shape index (κ1) is 19.1. The molecule has 0 heterocycles. The van der Waals surface area contributed by atoms with Crippen molar-refractivity contribution in [2.45, 2.75) is 19.1 Å². The van der Waals surface area contributed by atoms with Gasteiger partial charge in [0.1, 0.15) is 11.9 Å². The Bertz CT molecular complexity index is 698. The zero-order chi connectivity index (χ0) is 18.4. The summed E-state index contributed by atoms with van der Waals surface area (Å²) in [5.74, 6) is -0.407. The number of nitrogens with zero attached hydrogens (tertiary/aromatic N) is 2. The summed E-state index contributed by atoms with van der Waals surface area (Å²) in [6.07, 6.45) is 0. The highest BCUT2D eigenvalue weighted by atomic mass is 19.1. The molecule has 2 rings (SSSR count). The lowest BCUT2D eigenvalue weighted by Crippen LogP contribution is -2.37. The SMILES string of the molecule is CN(C)Cc1ccccc1CNC(=O)[C@@H](c1ccc(F)cc1)N(C)C. The van der Waals surface area contributed by atoms with E-state index in [1.165, 1.54) is 17.7 Å². The molecule has 1 N–H and O–H groups in total. The molecule has 1 atom stereocenters. The van der Waals surface area contributed by atoms with Gasteiger partial charge < -0.3 is 10.2 Å². The molecule has 0 radical (unpaired) electrons. The maximum absolute atomic E-state index is 13.2. The van der Waals surface area contributed by atoms with Crippen molar-refractivity contribution < 1.29 is 9.18 Å². The average molecular weight is 343 g/mol. The summed E-state index contributed by atoms with van der Waals surface area (Å²) in [7, 11) is 7.72. The van der Waals surface area contributed by atoms with Gasteiger partial charge in [-0.15, -0.1) is 0 Å². The number of benzene rings is 2. The van der Waals surface area contributed by atoms with E-state index in [9.17, 15) is 9.18 Å². The zero-order valence-corrected chi connectivity index (χ0v) is 15.3. The van der Waals surface area contributed by atoms with Crippen molar-refractivity contribution in [1.29, 1.82) is 0 Å². The Hall–Kier alpha value is -2.24. The third-order valence-corrected chi connectivity index (χ3v) is 4.01. The number of carbonyl (C=O) groups is 1. The Morgan fingerprint density at radius 3 is 2.16 bits per heavy atom. The Morgan fingerprint density at radius 2 is 1.60 bits per heavy atom. The van der Waals surface area contributed by atoms with E-state index in [-0.39, 0.29) is 11.7 Å². The smallest absolute Gasteiger partial charge is 0.242 e. The van der Waals surface area contributed by atoms with Gasteiger partial charge in [-0.2, -0.15) is 0 Å². The van der Waals surface area contributed by atoms with Gasteiger partial charge in [0.15, 0.2) is 0 Å². The number of rotatable bonds is 7. The molecule has 0 fully saturated rings. The minimum Gasteiger partial charge on any atom is -0.350 e. The fraction of sp³-hybridized carbons (Fsp3) is 0.350. The number of carbonyl (C=O) groups excluding carboxylic acids is 1. The molecule has 0 bridgehead atoms. The molecular formula is C20H26FN3O. The monoisotopic (exact) mass is 343 g/mol. The molecule has 1 amide bonds. The molecule has 2 aromatic rings. The summed E-state index contributed by atoms with van der Waals surface area (Å²) < 4.78 is 13.2. The molecule has 0 aliphatic carbocycles. The van der Waals surface area contributed by atoms with Crippen LogP contribution in [0.5, 0.6) is 0 Å². The molecular weight excluding hydrogens is 317 g/mol. The van der Waals surface area contributed by atoms with E-state index in [0.717, 1.165) is 17.7 Å². The Kier molecular flexibility index (Phi) is 6.67. The van der Waals surface area contributed by atoms with Crippen LogP contribution in [0.2, 0.25) is 0 Å². The predicted molar refractivity (Wildman–Crippen MR) is 98.5 cm³/mol. The Labute approximate surface area is 149 Å². The number of nitrogens with one attached hydrogen (secondary N) is 1. The second-order valence-corrected chi connectivity index (χ2v) is 6.64. The van der Waals surface area contributed by atoms with E-state index in [2.05, 4.69) is 16.3 Å². The highest BCUT2D eigenvalue weighted by molar-refractivity contribution is 5.83. The highest BCUT2D eigenvalue weighted by Gasteiger charge is 2.22. The lowest BCUT2D eigenvalue weighted by atomic mass is 10.0. The lowest BCUT2D eigenvalue weighted by Gasteiger charge is -2.24. The van der Waals surface area contributed by atoms with E-state index in [0.29, 0.717) is 6.54 Å². The minimum atomic E-state index is -0.457. The molecule has 4 nitrogen and oxygen atoms in total. The minimum absolute atomic E-state index is 0.101. The highest BCUT2D eigenvalue weighted by Crippen LogP contribution is 2.19. The molecule has 0 saturated carbocycles. The van der Waals surface area contributed by atoms with Crippen LogP contribution in [0.15, 0.2) is 48.5 Å². The largest absolute Gasteiger partial charge is 0.350 e. The number of hydrogen-bond acceptors (Lipinski definition) is 3. The fourth-order valence-electron chi connectivity index (χ4n) is 2.83. The van der Waals surface area contributed by atoms with Crippen LogP contribution < -0.4 is 5.32 Å². The first-order valence-electron chi connectivity index (χ1n) is 8.29. The van der Waals surface area contributed by atoms with Crippen LogP contribution >= 0.6 is 0 Å². The van der Waals surface area contributed by atoms with E-state index in [1.54, 1.807) is 12.1 Å². The molecule has 134 valence electrons. The molecule has 0 saturated heterocycles. The van der Waals surface area contributed by atoms with Crippen molar-refractivity contribution >= 4 is 5.91 Å². The predicted octanol–water partition coefficient (Wildman–Crippen LogP) is 2.81. The molecule has 0 unspecified atom stereocenters. The van der Waals surface area contributed by atoms with Gasteiger partial charge in [-0.3, -0.25) is 9.69 Å². The van der Waals surface area contributed by atoms with Crippen LogP contribution in [0.3, 0.4) is 0 Å². The van der Waals surface area contributed by atoms with Gasteiger partial charge in [0.2, 0.25) is 5.91 Å². The van der Waals surface area contributed by atoms with Crippen LogP contribution in [0.1, 0.15) is 22.7 Å². The Morgan fingerprint density at radius 1 is 1.00 bits per heavy atom. The second kappa shape index (κ2) is 8.74. The second-order valence-electron chi connectivity index (χ2n) is 6.64. The molecule has 0 aliphatic rings. The van der Waals surface area contributed by atoms with Crippen LogP contribution in [-0.2, 0) is 17.9 Å².